The van der Waals surface area contributed by atoms with Crippen LogP contribution in [0.2, 0.25) is 0 Å². The zero-order chi connectivity index (χ0) is 19.3. The lowest BCUT2D eigenvalue weighted by atomic mass is 9.81. The summed E-state index contributed by atoms with van der Waals surface area (Å²) in [5, 5.41) is 13.0. The maximum absolute atomic E-state index is 13.1. The first-order chi connectivity index (χ1) is 12.7. The first-order valence-electron chi connectivity index (χ1n) is 9.47. The Labute approximate surface area is 161 Å². The molecule has 4 rings (SSSR count). The van der Waals surface area contributed by atoms with Gasteiger partial charge < -0.3 is 10.4 Å². The number of aliphatic hydroxyl groups is 1. The lowest BCUT2D eigenvalue weighted by Crippen LogP contribution is -2.53. The molecule has 0 aromatic heterocycles. The van der Waals surface area contributed by atoms with E-state index in [1.807, 2.05) is 18.2 Å². The molecule has 0 aliphatic heterocycles. The Hall–Kier alpha value is -1.21. The van der Waals surface area contributed by atoms with Crippen LogP contribution in [0.5, 0.6) is 0 Å². The highest BCUT2D eigenvalue weighted by molar-refractivity contribution is 7.99. The third-order valence-electron chi connectivity index (χ3n) is 6.56. The molecular weight excluding hydrogens is 375 g/mol. The monoisotopic (exact) mass is 399 g/mol. The number of carbonyl (C=O) groups excluding carboxylic acids is 1. The second-order valence-electron chi connectivity index (χ2n) is 8.51. The van der Waals surface area contributed by atoms with Crippen LogP contribution in [-0.2, 0) is 4.79 Å². The second kappa shape index (κ2) is 6.69. The van der Waals surface area contributed by atoms with Gasteiger partial charge in [-0.25, -0.2) is 0 Å². The van der Waals surface area contributed by atoms with E-state index in [0.29, 0.717) is 12.8 Å². The summed E-state index contributed by atoms with van der Waals surface area (Å²) in [6, 6.07) is 9.83. The molecule has 1 aromatic carbocycles. The highest BCUT2D eigenvalue weighted by atomic mass is 32.2. The molecule has 148 valence electrons. The van der Waals surface area contributed by atoms with E-state index in [4.69, 9.17) is 0 Å². The van der Waals surface area contributed by atoms with Crippen molar-refractivity contribution in [3.63, 3.8) is 0 Å². The van der Waals surface area contributed by atoms with Gasteiger partial charge in [0.05, 0.1) is 0 Å². The topological polar surface area (TPSA) is 49.3 Å². The second-order valence-corrected chi connectivity index (χ2v) is 9.56. The quantitative estimate of drug-likeness (QED) is 0.707. The molecule has 3 saturated carbocycles. The van der Waals surface area contributed by atoms with Crippen molar-refractivity contribution in [3.05, 3.63) is 30.3 Å². The fourth-order valence-electron chi connectivity index (χ4n) is 4.73. The number of carbonyl (C=O) groups is 1. The Kier molecular flexibility index (Phi) is 4.74. The first kappa shape index (κ1) is 19.1. The number of fused-ring (bicyclic) bond motifs is 2. The predicted molar refractivity (Wildman–Crippen MR) is 97.2 cm³/mol. The van der Waals surface area contributed by atoms with Crippen molar-refractivity contribution < 1.29 is 23.1 Å². The van der Waals surface area contributed by atoms with Gasteiger partial charge in [0.15, 0.2) is 5.60 Å². The van der Waals surface area contributed by atoms with Crippen LogP contribution in [0, 0.1) is 17.3 Å². The highest BCUT2D eigenvalue weighted by Gasteiger charge is 2.66. The van der Waals surface area contributed by atoms with Crippen LogP contribution >= 0.6 is 11.8 Å². The van der Waals surface area contributed by atoms with Gasteiger partial charge in [0.25, 0.3) is 0 Å². The predicted octanol–water partition coefficient (Wildman–Crippen LogP) is 4.16. The van der Waals surface area contributed by atoms with Gasteiger partial charge in [-0.15, -0.1) is 11.8 Å². The van der Waals surface area contributed by atoms with Gasteiger partial charge in [-0.2, -0.15) is 13.2 Å². The Morgan fingerprint density at radius 3 is 2.48 bits per heavy atom. The van der Waals surface area contributed by atoms with Crippen molar-refractivity contribution >= 4 is 17.7 Å². The van der Waals surface area contributed by atoms with Crippen LogP contribution in [0.25, 0.3) is 0 Å². The smallest absolute Gasteiger partial charge is 0.380 e. The molecule has 27 heavy (non-hydrogen) atoms. The Morgan fingerprint density at radius 2 is 1.93 bits per heavy atom. The zero-order valence-corrected chi connectivity index (χ0v) is 15.8. The number of hydrogen-bond acceptors (Lipinski definition) is 3. The molecule has 3 fully saturated rings. The fraction of sp³-hybridized carbons (Fsp3) is 0.650. The van der Waals surface area contributed by atoms with Crippen LogP contribution in [0.15, 0.2) is 35.2 Å². The Balaban J connectivity index is 1.28. The number of thioether (sulfide) groups is 1. The Bertz CT molecular complexity index is 707. The van der Waals surface area contributed by atoms with Gasteiger partial charge in [0, 0.05) is 23.1 Å². The third kappa shape index (κ3) is 3.73. The molecule has 0 radical (unpaired) electrons. The molecule has 3 aliphatic rings. The highest BCUT2D eigenvalue weighted by Crippen LogP contribution is 2.57. The SMILES string of the molecule is O=C(CC1(CSc2ccccc2)CC1)NC1CC2CC1CC2(O)C(F)(F)F. The lowest BCUT2D eigenvalue weighted by Gasteiger charge is -2.37. The van der Waals surface area contributed by atoms with Gasteiger partial charge >= 0.3 is 6.18 Å². The molecule has 0 spiro atoms. The molecular formula is C20H24F3NO2S. The van der Waals surface area contributed by atoms with Crippen molar-refractivity contribution in [3.8, 4) is 0 Å². The van der Waals surface area contributed by atoms with Crippen molar-refractivity contribution in [1.82, 2.24) is 5.32 Å². The summed E-state index contributed by atoms with van der Waals surface area (Å²) in [5.41, 5.74) is -2.54. The van der Waals surface area contributed by atoms with E-state index in [1.54, 1.807) is 11.8 Å². The van der Waals surface area contributed by atoms with Crippen molar-refractivity contribution in [2.45, 2.75) is 61.2 Å². The number of benzene rings is 1. The minimum Gasteiger partial charge on any atom is -0.380 e. The van der Waals surface area contributed by atoms with Gasteiger partial charge in [-0.05, 0) is 61.5 Å². The van der Waals surface area contributed by atoms with Gasteiger partial charge in [0.1, 0.15) is 0 Å². The summed E-state index contributed by atoms with van der Waals surface area (Å²) in [6.45, 7) is 0. The lowest BCUT2D eigenvalue weighted by molar-refractivity contribution is -0.277. The summed E-state index contributed by atoms with van der Waals surface area (Å²) in [4.78, 5) is 13.7. The van der Waals surface area contributed by atoms with Crippen LogP contribution in [0.1, 0.15) is 38.5 Å². The number of nitrogens with one attached hydrogen (secondary N) is 1. The average Bonchev–Trinajstić information content (AvgIpc) is 3.12. The van der Waals surface area contributed by atoms with E-state index in [2.05, 4.69) is 17.4 Å². The molecule has 7 heteroatoms. The molecule has 2 bridgehead atoms. The molecule has 0 heterocycles. The van der Waals surface area contributed by atoms with Crippen LogP contribution in [-0.4, -0.2) is 34.6 Å². The maximum Gasteiger partial charge on any atom is 0.417 e. The standard InChI is InChI=1S/C20H24F3NO2S/c21-20(22,23)19(26)10-13-8-14(19)9-16(13)24-17(25)11-18(6-7-18)12-27-15-4-2-1-3-5-15/h1-5,13-14,16,26H,6-12H2,(H,24,25). The van der Waals surface area contributed by atoms with Crippen LogP contribution in [0.3, 0.4) is 0 Å². The van der Waals surface area contributed by atoms with Crippen molar-refractivity contribution in [2.24, 2.45) is 17.3 Å². The molecule has 1 amide bonds. The van der Waals surface area contributed by atoms with Gasteiger partial charge in [-0.1, -0.05) is 18.2 Å². The van der Waals surface area contributed by atoms with E-state index < -0.39 is 17.7 Å². The minimum atomic E-state index is -4.59. The van der Waals surface area contributed by atoms with E-state index in [0.717, 1.165) is 18.6 Å². The van der Waals surface area contributed by atoms with Crippen molar-refractivity contribution in [2.75, 3.05) is 5.75 Å². The van der Waals surface area contributed by atoms with E-state index in [9.17, 15) is 23.1 Å². The summed E-state index contributed by atoms with van der Waals surface area (Å²) in [6.07, 6.45) is -1.84. The number of halogens is 3. The Morgan fingerprint density at radius 1 is 1.22 bits per heavy atom. The molecule has 4 atom stereocenters. The molecule has 4 unspecified atom stereocenters. The number of amides is 1. The number of alkyl halides is 3. The van der Waals surface area contributed by atoms with E-state index in [-0.39, 0.29) is 36.1 Å². The van der Waals surface area contributed by atoms with Crippen LogP contribution < -0.4 is 5.32 Å². The van der Waals surface area contributed by atoms with Gasteiger partial charge in [-0.3, -0.25) is 4.79 Å². The number of hydrogen-bond donors (Lipinski definition) is 2. The third-order valence-corrected chi connectivity index (χ3v) is 7.92. The number of rotatable bonds is 6. The summed E-state index contributed by atoms with van der Waals surface area (Å²) >= 11 is 1.75. The van der Waals surface area contributed by atoms with E-state index >= 15 is 0 Å². The van der Waals surface area contributed by atoms with E-state index in [1.165, 1.54) is 4.90 Å². The first-order valence-corrected chi connectivity index (χ1v) is 10.5. The molecule has 3 aliphatic carbocycles. The molecule has 1 aromatic rings. The summed E-state index contributed by atoms with van der Waals surface area (Å²) < 4.78 is 39.3. The zero-order valence-electron chi connectivity index (χ0n) is 15.0. The molecule has 2 N–H and O–H groups in total. The van der Waals surface area contributed by atoms with Crippen LogP contribution in [0.4, 0.5) is 13.2 Å². The minimum absolute atomic E-state index is 0.0227. The largest absolute Gasteiger partial charge is 0.417 e. The summed E-state index contributed by atoms with van der Waals surface area (Å²) in [7, 11) is 0. The summed E-state index contributed by atoms with van der Waals surface area (Å²) in [5.74, 6) is -0.250. The normalized spacial score (nSPS) is 33.9. The fourth-order valence-corrected chi connectivity index (χ4v) is 5.94. The molecule has 3 nitrogen and oxygen atoms in total. The van der Waals surface area contributed by atoms with Gasteiger partial charge in [0.2, 0.25) is 5.91 Å². The van der Waals surface area contributed by atoms with Crippen molar-refractivity contribution in [1.29, 1.82) is 0 Å². The average molecular weight is 399 g/mol. The molecule has 0 saturated heterocycles. The maximum atomic E-state index is 13.1.